The minimum atomic E-state index is -3.13. The van der Waals surface area contributed by atoms with Crippen LogP contribution in [0.4, 0.5) is 0 Å². The van der Waals surface area contributed by atoms with Gasteiger partial charge < -0.3 is 0 Å². The first-order valence-corrected chi connectivity index (χ1v) is 17.1. The van der Waals surface area contributed by atoms with E-state index in [-0.39, 0.29) is 11.5 Å². The van der Waals surface area contributed by atoms with Crippen LogP contribution in [0.1, 0.15) is 62.5 Å². The Balaban J connectivity index is 1.49. The van der Waals surface area contributed by atoms with Gasteiger partial charge in [-0.15, -0.1) is 0 Å². The lowest BCUT2D eigenvalue weighted by Gasteiger charge is -2.06. The molecule has 0 fully saturated rings. The van der Waals surface area contributed by atoms with E-state index in [1.54, 1.807) is 0 Å². The van der Waals surface area contributed by atoms with Crippen LogP contribution in [-0.4, -0.2) is 28.3 Å². The average molecular weight is 515 g/mol. The molecule has 0 aliphatic heterocycles. The van der Waals surface area contributed by atoms with Gasteiger partial charge in [0.2, 0.25) is 17.7 Å². The minimum Gasteiger partial charge on any atom is -0.217 e. The van der Waals surface area contributed by atoms with Gasteiger partial charge in [-0.05, 0) is 51.0 Å². The second-order valence-corrected chi connectivity index (χ2v) is 16.5. The summed E-state index contributed by atoms with van der Waals surface area (Å²) in [6.07, 6.45) is 7.38. The van der Waals surface area contributed by atoms with Gasteiger partial charge in [0.1, 0.15) is 0 Å². The van der Waals surface area contributed by atoms with Crippen molar-refractivity contribution >= 4 is 39.3 Å². The number of aryl methyl sites for hydroxylation is 2. The highest BCUT2D eigenvalue weighted by Crippen LogP contribution is 2.27. The van der Waals surface area contributed by atoms with Crippen molar-refractivity contribution in [2.45, 2.75) is 75.0 Å². The molecule has 2 rings (SSSR count). The molecule has 8 heteroatoms. The van der Waals surface area contributed by atoms with Crippen molar-refractivity contribution in [3.8, 4) is 0 Å². The molecule has 32 heavy (non-hydrogen) atoms. The van der Waals surface area contributed by atoms with E-state index in [1.165, 1.54) is 0 Å². The van der Waals surface area contributed by atoms with Gasteiger partial charge in [-0.3, -0.25) is 0 Å². The summed E-state index contributed by atoms with van der Waals surface area (Å²) in [6, 6.07) is 15.1. The number of hydrogen-bond donors (Lipinski definition) is 0. The molecule has 2 aromatic carbocycles. The zero-order valence-electron chi connectivity index (χ0n) is 19.0. The highest BCUT2D eigenvalue weighted by atomic mass is 33.1. The highest BCUT2D eigenvalue weighted by Gasteiger charge is 2.13. The SMILES string of the molecule is Cc1ccc(SS(=O)(=O)CCCCCCCCCCS(=O)(=O)Sc2ccc(C)cc2)cc1. The van der Waals surface area contributed by atoms with Crippen LogP contribution in [0.5, 0.6) is 0 Å². The first kappa shape index (κ1) is 27.3. The normalized spacial score (nSPS) is 12.2. The lowest BCUT2D eigenvalue weighted by molar-refractivity contribution is 0.573. The summed E-state index contributed by atoms with van der Waals surface area (Å²) in [5.41, 5.74) is 2.24. The third-order valence-electron chi connectivity index (χ3n) is 5.03. The number of rotatable bonds is 15. The molecule has 0 amide bonds. The van der Waals surface area contributed by atoms with Crippen molar-refractivity contribution in [2.24, 2.45) is 0 Å². The fourth-order valence-corrected chi connectivity index (χ4v) is 9.18. The van der Waals surface area contributed by atoms with Crippen molar-refractivity contribution in [2.75, 3.05) is 11.5 Å². The van der Waals surface area contributed by atoms with Crippen LogP contribution < -0.4 is 0 Å². The van der Waals surface area contributed by atoms with Gasteiger partial charge in [0.25, 0.3) is 0 Å². The molecule has 178 valence electrons. The van der Waals surface area contributed by atoms with Crippen molar-refractivity contribution in [1.82, 2.24) is 0 Å². The Labute approximate surface area is 201 Å². The monoisotopic (exact) mass is 514 g/mol. The molecular formula is C24H34O4S4. The molecule has 0 unspecified atom stereocenters. The molecule has 0 bridgehead atoms. The van der Waals surface area contributed by atoms with E-state index in [4.69, 9.17) is 0 Å². The lowest BCUT2D eigenvalue weighted by atomic mass is 10.1. The number of hydrogen-bond acceptors (Lipinski definition) is 6. The fourth-order valence-electron chi connectivity index (χ4n) is 3.18. The highest BCUT2D eigenvalue weighted by molar-refractivity contribution is 8.72. The molecule has 0 saturated heterocycles. The molecule has 0 N–H and O–H groups in total. The zero-order chi connectivity index (χ0) is 23.5. The third-order valence-corrected chi connectivity index (χ3v) is 11.7. The first-order chi connectivity index (χ1) is 15.2. The van der Waals surface area contributed by atoms with E-state index in [9.17, 15) is 16.8 Å². The summed E-state index contributed by atoms with van der Waals surface area (Å²) < 4.78 is 48.9. The fraction of sp³-hybridized carbons (Fsp3) is 0.500. The Morgan fingerprint density at radius 2 is 0.781 bits per heavy atom. The van der Waals surface area contributed by atoms with Crippen LogP contribution in [0.2, 0.25) is 0 Å². The maximum atomic E-state index is 12.2. The van der Waals surface area contributed by atoms with Crippen molar-refractivity contribution in [3.63, 3.8) is 0 Å². The molecule has 0 aromatic heterocycles. The van der Waals surface area contributed by atoms with E-state index >= 15 is 0 Å². The summed E-state index contributed by atoms with van der Waals surface area (Å²) in [5.74, 6) is 0.421. The Morgan fingerprint density at radius 1 is 0.500 bits per heavy atom. The smallest absolute Gasteiger partial charge is 0.206 e. The number of benzene rings is 2. The quantitative estimate of drug-likeness (QED) is 0.189. The largest absolute Gasteiger partial charge is 0.217 e. The molecule has 0 spiro atoms. The molecule has 0 radical (unpaired) electrons. The lowest BCUT2D eigenvalue weighted by Crippen LogP contribution is -2.01. The average Bonchev–Trinajstić information content (AvgIpc) is 2.72. The molecule has 0 aliphatic carbocycles. The van der Waals surface area contributed by atoms with E-state index in [1.807, 2.05) is 62.4 Å². The van der Waals surface area contributed by atoms with Crippen LogP contribution in [0.15, 0.2) is 58.3 Å². The van der Waals surface area contributed by atoms with Gasteiger partial charge in [-0.2, -0.15) is 0 Å². The minimum absolute atomic E-state index is 0.210. The Hall–Kier alpha value is -0.960. The predicted octanol–water partition coefficient (Wildman–Crippen LogP) is 6.97. The van der Waals surface area contributed by atoms with Crippen molar-refractivity contribution in [3.05, 3.63) is 59.7 Å². The maximum absolute atomic E-state index is 12.2. The van der Waals surface area contributed by atoms with Crippen LogP contribution in [0, 0.1) is 13.8 Å². The van der Waals surface area contributed by atoms with E-state index in [0.29, 0.717) is 12.8 Å². The van der Waals surface area contributed by atoms with Crippen molar-refractivity contribution in [1.29, 1.82) is 0 Å². The Kier molecular flexibility index (Phi) is 11.7. The van der Waals surface area contributed by atoms with Crippen LogP contribution in [0.3, 0.4) is 0 Å². The van der Waals surface area contributed by atoms with Crippen LogP contribution >= 0.6 is 21.6 Å². The van der Waals surface area contributed by atoms with Gasteiger partial charge in [0.05, 0.1) is 11.5 Å². The van der Waals surface area contributed by atoms with Gasteiger partial charge in [-0.1, -0.05) is 73.9 Å². The van der Waals surface area contributed by atoms with E-state index in [2.05, 4.69) is 0 Å². The molecule has 2 aromatic rings. The zero-order valence-corrected chi connectivity index (χ0v) is 22.2. The van der Waals surface area contributed by atoms with E-state index < -0.39 is 17.7 Å². The van der Waals surface area contributed by atoms with E-state index in [0.717, 1.165) is 81.0 Å². The molecule has 0 heterocycles. The van der Waals surface area contributed by atoms with Gasteiger partial charge >= 0.3 is 0 Å². The standard InChI is InChI=1S/C24H34O4S4/c1-21-11-15-23(16-12-21)29-31(25,26)19-9-7-5-3-4-6-8-10-20-32(27,28)30-24-17-13-22(2)14-18-24/h11-18H,3-10,19-20H2,1-2H3. The summed E-state index contributed by atoms with van der Waals surface area (Å²) in [7, 11) is -4.35. The topological polar surface area (TPSA) is 68.3 Å². The second kappa shape index (κ2) is 13.7. The summed E-state index contributed by atoms with van der Waals surface area (Å²) in [5, 5.41) is 0. The predicted molar refractivity (Wildman–Crippen MR) is 139 cm³/mol. The molecule has 0 aliphatic rings. The number of unbranched alkanes of at least 4 members (excludes halogenated alkanes) is 7. The molecule has 0 atom stereocenters. The first-order valence-electron chi connectivity index (χ1n) is 11.1. The summed E-state index contributed by atoms with van der Waals surface area (Å²) in [4.78, 5) is 1.55. The Bertz CT molecular complexity index is 927. The molecule has 0 saturated carbocycles. The second-order valence-electron chi connectivity index (χ2n) is 8.14. The van der Waals surface area contributed by atoms with Gasteiger partial charge in [-0.25, -0.2) is 16.8 Å². The third kappa shape index (κ3) is 11.8. The van der Waals surface area contributed by atoms with Crippen molar-refractivity contribution < 1.29 is 16.8 Å². The maximum Gasteiger partial charge on any atom is 0.206 e. The molecule has 4 nitrogen and oxygen atoms in total. The summed E-state index contributed by atoms with van der Waals surface area (Å²) >= 11 is 0. The van der Waals surface area contributed by atoms with Crippen LogP contribution in [-0.2, 0) is 17.7 Å². The molecular weight excluding hydrogens is 481 g/mol. The summed E-state index contributed by atoms with van der Waals surface area (Å²) in [6.45, 7) is 3.97. The van der Waals surface area contributed by atoms with Gasteiger partial charge in [0.15, 0.2) is 0 Å². The van der Waals surface area contributed by atoms with Gasteiger partial charge in [0, 0.05) is 31.4 Å². The Morgan fingerprint density at radius 3 is 1.09 bits per heavy atom. The van der Waals surface area contributed by atoms with Crippen LogP contribution in [0.25, 0.3) is 0 Å².